The molecule has 1 aliphatic carbocycles. The van der Waals surface area contributed by atoms with Crippen LogP contribution in [0.4, 0.5) is 30.8 Å². The maximum atomic E-state index is 14.1. The van der Waals surface area contributed by atoms with Gasteiger partial charge in [0.1, 0.15) is 0 Å². The molecular formula is C11H12F7NO. The minimum absolute atomic E-state index is 0.315. The molecule has 0 saturated carbocycles. The van der Waals surface area contributed by atoms with E-state index in [4.69, 9.17) is 0 Å². The normalized spacial score (nSPS) is 35.6. The fourth-order valence-corrected chi connectivity index (χ4v) is 1.80. The van der Waals surface area contributed by atoms with Gasteiger partial charge in [-0.25, -0.2) is 8.78 Å². The number of allylic oxidation sites excluding steroid dienone is 1. The summed E-state index contributed by atoms with van der Waals surface area (Å²) in [6.07, 6.45) is -0.743. The van der Waals surface area contributed by atoms with Gasteiger partial charge < -0.3 is 0 Å². The van der Waals surface area contributed by atoms with E-state index in [0.717, 1.165) is 13.8 Å². The lowest BCUT2D eigenvalue weighted by atomic mass is 9.79. The number of carbonyl (C=O) groups excluding carboxylic acids is 1. The van der Waals surface area contributed by atoms with Crippen LogP contribution in [0.15, 0.2) is 12.2 Å². The molecule has 0 aromatic rings. The van der Waals surface area contributed by atoms with Crippen molar-refractivity contribution in [3.63, 3.8) is 0 Å². The Morgan fingerprint density at radius 2 is 1.45 bits per heavy atom. The molecule has 0 heterocycles. The highest BCUT2D eigenvalue weighted by molar-refractivity contribution is 5.89. The van der Waals surface area contributed by atoms with Crippen LogP contribution in [0.25, 0.3) is 0 Å². The lowest BCUT2D eigenvalue weighted by molar-refractivity contribution is -0.351. The lowest BCUT2D eigenvalue weighted by Gasteiger charge is -2.46. The summed E-state index contributed by atoms with van der Waals surface area (Å²) in [4.78, 5) is 10.9. The van der Waals surface area contributed by atoms with E-state index in [2.05, 4.69) is 0 Å². The van der Waals surface area contributed by atoms with E-state index in [1.54, 1.807) is 0 Å². The van der Waals surface area contributed by atoms with Gasteiger partial charge in [0.05, 0.1) is 0 Å². The number of halogens is 7. The molecule has 2 atom stereocenters. The molecule has 116 valence electrons. The number of alkyl halides is 6. The third-order valence-corrected chi connectivity index (χ3v) is 3.10. The number of hydrogen-bond donors (Lipinski definition) is 0. The molecule has 0 bridgehead atoms. The van der Waals surface area contributed by atoms with Crippen LogP contribution in [0.1, 0.15) is 20.8 Å². The molecule has 1 aliphatic rings. The van der Waals surface area contributed by atoms with Crippen molar-refractivity contribution in [2.24, 2.45) is 0 Å². The van der Waals surface area contributed by atoms with Gasteiger partial charge in [0.15, 0.2) is 5.78 Å². The molecule has 0 aliphatic heterocycles. The third kappa shape index (κ3) is 1.78. The van der Waals surface area contributed by atoms with Crippen LogP contribution in [0, 0.1) is 0 Å². The quantitative estimate of drug-likeness (QED) is 0.345. The van der Waals surface area contributed by atoms with Crippen molar-refractivity contribution in [3.05, 3.63) is 12.2 Å². The molecule has 20 heavy (non-hydrogen) atoms. The molecule has 0 amide bonds. The van der Waals surface area contributed by atoms with Gasteiger partial charge >= 0.3 is 11.8 Å². The fraction of sp³-hybridized carbons (Fsp3) is 0.727. The van der Waals surface area contributed by atoms with Crippen LogP contribution in [-0.2, 0) is 4.79 Å². The summed E-state index contributed by atoms with van der Waals surface area (Å²) in [5.74, 6) is -18.0. The second-order valence-electron chi connectivity index (χ2n) is 4.83. The number of carbonyl (C=O) groups is 1. The first kappa shape index (κ1) is 16.9. The Labute approximate surface area is 110 Å². The Morgan fingerprint density at radius 3 is 1.80 bits per heavy atom. The molecule has 0 aromatic heterocycles. The van der Waals surface area contributed by atoms with Crippen molar-refractivity contribution >= 4 is 5.78 Å². The predicted octanol–water partition coefficient (Wildman–Crippen LogP) is 3.38. The van der Waals surface area contributed by atoms with Crippen molar-refractivity contribution in [2.75, 3.05) is 0 Å². The Hall–Kier alpha value is -1.12. The Balaban J connectivity index is 3.55. The number of ketones is 1. The predicted molar refractivity (Wildman–Crippen MR) is 55.5 cm³/mol. The average Bonchev–Trinajstić information content (AvgIpc) is 2.31. The Bertz CT molecular complexity index is 450. The van der Waals surface area contributed by atoms with Gasteiger partial charge in [-0.1, -0.05) is 5.12 Å². The van der Waals surface area contributed by atoms with Crippen LogP contribution in [0.2, 0.25) is 0 Å². The van der Waals surface area contributed by atoms with E-state index in [-0.39, 0.29) is 12.2 Å². The molecule has 2 nitrogen and oxygen atoms in total. The van der Waals surface area contributed by atoms with Gasteiger partial charge in [-0.2, -0.15) is 17.6 Å². The van der Waals surface area contributed by atoms with Crippen LogP contribution in [0.3, 0.4) is 0 Å². The lowest BCUT2D eigenvalue weighted by Crippen LogP contribution is -2.72. The first-order valence-corrected chi connectivity index (χ1v) is 5.55. The summed E-state index contributed by atoms with van der Waals surface area (Å²) in [6, 6.07) is -1.52. The number of nitrogens with zero attached hydrogens (tertiary/aromatic N) is 1. The molecule has 0 saturated heterocycles. The van der Waals surface area contributed by atoms with E-state index >= 15 is 0 Å². The highest BCUT2D eigenvalue weighted by Gasteiger charge is 2.82. The summed E-state index contributed by atoms with van der Waals surface area (Å²) in [5, 5.41) is -1.14. The van der Waals surface area contributed by atoms with Crippen molar-refractivity contribution in [2.45, 2.75) is 50.1 Å². The van der Waals surface area contributed by atoms with Gasteiger partial charge in [-0.3, -0.25) is 4.79 Å². The molecule has 9 heteroatoms. The largest absolute Gasteiger partial charge is 0.366 e. The molecular weight excluding hydrogens is 295 g/mol. The number of rotatable bonds is 3. The summed E-state index contributed by atoms with van der Waals surface area (Å²) in [7, 11) is 0. The van der Waals surface area contributed by atoms with Crippen LogP contribution in [0.5, 0.6) is 0 Å². The van der Waals surface area contributed by atoms with Gasteiger partial charge in [0.25, 0.3) is 11.5 Å². The smallest absolute Gasteiger partial charge is 0.296 e. The average molecular weight is 307 g/mol. The van der Waals surface area contributed by atoms with Crippen LogP contribution < -0.4 is 0 Å². The van der Waals surface area contributed by atoms with Crippen molar-refractivity contribution in [1.82, 2.24) is 5.12 Å². The zero-order valence-corrected chi connectivity index (χ0v) is 10.7. The molecule has 0 fully saturated rings. The summed E-state index contributed by atoms with van der Waals surface area (Å²) in [6.45, 7) is 2.19. The standard InChI is InChI=1S/C11H12F7NO/c1-6(2)19(18)9(13)5-4-8(12,7(3)20)10(14,15)11(9,16)17/h4-6H,1-3H3. The summed E-state index contributed by atoms with van der Waals surface area (Å²) in [5.41, 5.74) is -4.40. The monoisotopic (exact) mass is 307 g/mol. The highest BCUT2D eigenvalue weighted by Crippen LogP contribution is 2.57. The first-order chi connectivity index (χ1) is 8.75. The topological polar surface area (TPSA) is 20.3 Å². The zero-order chi connectivity index (χ0) is 16.1. The Morgan fingerprint density at radius 1 is 1.00 bits per heavy atom. The zero-order valence-electron chi connectivity index (χ0n) is 10.7. The third-order valence-electron chi connectivity index (χ3n) is 3.10. The first-order valence-electron chi connectivity index (χ1n) is 5.55. The van der Waals surface area contributed by atoms with Gasteiger partial charge in [-0.15, -0.1) is 4.48 Å². The van der Waals surface area contributed by atoms with Crippen LogP contribution in [-0.4, -0.2) is 40.3 Å². The maximum absolute atomic E-state index is 14.1. The Kier molecular flexibility index (Phi) is 3.76. The minimum atomic E-state index is -5.78. The van der Waals surface area contributed by atoms with Gasteiger partial charge in [0.2, 0.25) is 0 Å². The summed E-state index contributed by atoms with van der Waals surface area (Å²) >= 11 is 0. The second kappa shape index (κ2) is 4.44. The minimum Gasteiger partial charge on any atom is -0.296 e. The fourth-order valence-electron chi connectivity index (χ4n) is 1.80. The van der Waals surface area contributed by atoms with Gasteiger partial charge in [-0.05, 0) is 32.9 Å². The van der Waals surface area contributed by atoms with E-state index < -0.39 is 40.3 Å². The molecule has 0 spiro atoms. The van der Waals surface area contributed by atoms with E-state index in [1.807, 2.05) is 0 Å². The number of Topliss-reactive ketones (excluding diaryl/α,β-unsaturated/α-hetero) is 1. The van der Waals surface area contributed by atoms with Crippen molar-refractivity contribution in [1.29, 1.82) is 0 Å². The number of hydrogen-bond acceptors (Lipinski definition) is 2. The highest BCUT2D eigenvalue weighted by atomic mass is 19.3. The van der Waals surface area contributed by atoms with Crippen molar-refractivity contribution in [3.8, 4) is 0 Å². The van der Waals surface area contributed by atoms with E-state index in [1.165, 1.54) is 0 Å². The molecule has 2 unspecified atom stereocenters. The van der Waals surface area contributed by atoms with Crippen molar-refractivity contribution < 1.29 is 35.6 Å². The van der Waals surface area contributed by atoms with E-state index in [9.17, 15) is 35.6 Å². The maximum Gasteiger partial charge on any atom is 0.366 e. The molecule has 0 N–H and O–H groups in total. The summed E-state index contributed by atoms with van der Waals surface area (Å²) < 4.78 is 95.8. The van der Waals surface area contributed by atoms with Gasteiger partial charge in [0, 0.05) is 6.04 Å². The molecule has 0 radical (unpaired) electrons. The van der Waals surface area contributed by atoms with Crippen LogP contribution >= 0.6 is 0 Å². The SMILES string of the molecule is CC(=O)C1(F)C=CC(F)(N(F)C(C)C)C(F)(F)C1(F)F. The molecule has 0 aromatic carbocycles. The molecule has 1 rings (SSSR count). The van der Waals surface area contributed by atoms with E-state index in [0.29, 0.717) is 6.92 Å². The second-order valence-corrected chi connectivity index (χ2v) is 4.83.